The molecule has 66 valence electrons. The molecule has 0 heterocycles. The summed E-state index contributed by atoms with van der Waals surface area (Å²) in [7, 11) is 0. The van der Waals surface area contributed by atoms with Gasteiger partial charge in [0.15, 0.2) is 0 Å². The van der Waals surface area contributed by atoms with Crippen LogP contribution in [0.15, 0.2) is 16.6 Å². The quantitative estimate of drug-likeness (QED) is 0.826. The average molecular weight is 229 g/mol. The van der Waals surface area contributed by atoms with Crippen molar-refractivity contribution in [3.05, 3.63) is 33.3 Å². The largest absolute Gasteiger partial charge is 0.396 e. The standard InChI is InChI=1S/C10H13BrO/c1-7-3-4-9(5-6-12)10(11)8(7)2/h3-4,12H,5-6H2,1-2H3. The van der Waals surface area contributed by atoms with Gasteiger partial charge >= 0.3 is 0 Å². The first-order valence-electron chi connectivity index (χ1n) is 4.02. The van der Waals surface area contributed by atoms with E-state index in [2.05, 4.69) is 41.9 Å². The van der Waals surface area contributed by atoms with Crippen LogP contribution >= 0.6 is 15.9 Å². The van der Waals surface area contributed by atoms with Gasteiger partial charge in [-0.05, 0) is 37.0 Å². The van der Waals surface area contributed by atoms with Crippen LogP contribution in [0.2, 0.25) is 0 Å². The van der Waals surface area contributed by atoms with Crippen LogP contribution in [0.25, 0.3) is 0 Å². The van der Waals surface area contributed by atoms with E-state index in [-0.39, 0.29) is 6.61 Å². The molecule has 0 bridgehead atoms. The highest BCUT2D eigenvalue weighted by Gasteiger charge is 2.03. The van der Waals surface area contributed by atoms with Gasteiger partial charge in [-0.1, -0.05) is 28.1 Å². The molecule has 0 unspecified atom stereocenters. The number of rotatable bonds is 2. The van der Waals surface area contributed by atoms with E-state index in [0.29, 0.717) is 0 Å². The lowest BCUT2D eigenvalue weighted by Gasteiger charge is -2.07. The molecule has 1 nitrogen and oxygen atoms in total. The summed E-state index contributed by atoms with van der Waals surface area (Å²) < 4.78 is 1.14. The van der Waals surface area contributed by atoms with Crippen LogP contribution in [0.4, 0.5) is 0 Å². The van der Waals surface area contributed by atoms with Gasteiger partial charge in [-0.2, -0.15) is 0 Å². The molecule has 0 saturated heterocycles. The molecule has 0 saturated carbocycles. The second-order valence-electron chi connectivity index (χ2n) is 2.95. The average Bonchev–Trinajstić information content (AvgIpc) is 2.07. The number of benzene rings is 1. The van der Waals surface area contributed by atoms with Crippen LogP contribution in [-0.4, -0.2) is 11.7 Å². The minimum atomic E-state index is 0.209. The highest BCUT2D eigenvalue weighted by molar-refractivity contribution is 9.10. The number of aryl methyl sites for hydroxylation is 1. The molecule has 1 N–H and O–H groups in total. The van der Waals surface area contributed by atoms with Gasteiger partial charge in [-0.15, -0.1) is 0 Å². The van der Waals surface area contributed by atoms with E-state index in [1.165, 1.54) is 16.7 Å². The van der Waals surface area contributed by atoms with E-state index in [1.807, 2.05) is 0 Å². The van der Waals surface area contributed by atoms with E-state index >= 15 is 0 Å². The van der Waals surface area contributed by atoms with Gasteiger partial charge in [0.2, 0.25) is 0 Å². The van der Waals surface area contributed by atoms with Gasteiger partial charge in [0, 0.05) is 11.1 Å². The molecule has 0 fully saturated rings. The maximum Gasteiger partial charge on any atom is 0.0471 e. The monoisotopic (exact) mass is 228 g/mol. The highest BCUT2D eigenvalue weighted by Crippen LogP contribution is 2.24. The summed E-state index contributed by atoms with van der Waals surface area (Å²) in [6.45, 7) is 4.38. The zero-order valence-electron chi connectivity index (χ0n) is 7.39. The minimum absolute atomic E-state index is 0.209. The van der Waals surface area contributed by atoms with Gasteiger partial charge in [-0.25, -0.2) is 0 Å². The lowest BCUT2D eigenvalue weighted by molar-refractivity contribution is 0.299. The summed E-state index contributed by atoms with van der Waals surface area (Å²) in [5, 5.41) is 8.78. The molecule has 0 aromatic heterocycles. The number of hydrogen-bond acceptors (Lipinski definition) is 1. The van der Waals surface area contributed by atoms with Crippen molar-refractivity contribution in [2.45, 2.75) is 20.3 Å². The number of aliphatic hydroxyl groups is 1. The van der Waals surface area contributed by atoms with E-state index in [0.717, 1.165) is 10.9 Å². The van der Waals surface area contributed by atoms with Crippen LogP contribution in [0.1, 0.15) is 16.7 Å². The molecule has 1 aromatic rings. The van der Waals surface area contributed by atoms with Crippen molar-refractivity contribution in [3.63, 3.8) is 0 Å². The predicted octanol–water partition coefficient (Wildman–Crippen LogP) is 2.60. The smallest absolute Gasteiger partial charge is 0.0471 e. The lowest BCUT2D eigenvalue weighted by Crippen LogP contribution is -1.94. The SMILES string of the molecule is Cc1ccc(CCO)c(Br)c1C. The van der Waals surface area contributed by atoms with Gasteiger partial charge < -0.3 is 5.11 Å². The van der Waals surface area contributed by atoms with E-state index < -0.39 is 0 Å². The summed E-state index contributed by atoms with van der Waals surface area (Å²) >= 11 is 3.52. The zero-order valence-corrected chi connectivity index (χ0v) is 8.98. The van der Waals surface area contributed by atoms with Crippen molar-refractivity contribution in [1.29, 1.82) is 0 Å². The topological polar surface area (TPSA) is 20.2 Å². The summed E-state index contributed by atoms with van der Waals surface area (Å²) in [6, 6.07) is 4.15. The summed E-state index contributed by atoms with van der Waals surface area (Å²) in [6.07, 6.45) is 0.724. The summed E-state index contributed by atoms with van der Waals surface area (Å²) in [4.78, 5) is 0. The van der Waals surface area contributed by atoms with Crippen LogP contribution in [-0.2, 0) is 6.42 Å². The first kappa shape index (κ1) is 9.75. The number of hydrogen-bond donors (Lipinski definition) is 1. The van der Waals surface area contributed by atoms with Gasteiger partial charge in [0.25, 0.3) is 0 Å². The second kappa shape index (κ2) is 4.06. The van der Waals surface area contributed by atoms with Crippen molar-refractivity contribution in [2.75, 3.05) is 6.61 Å². The molecule has 0 radical (unpaired) electrons. The van der Waals surface area contributed by atoms with Crippen molar-refractivity contribution in [3.8, 4) is 0 Å². The Labute approximate surface area is 81.6 Å². The molecule has 0 aliphatic rings. The van der Waals surface area contributed by atoms with Crippen LogP contribution in [0, 0.1) is 13.8 Å². The van der Waals surface area contributed by atoms with Crippen molar-refractivity contribution < 1.29 is 5.11 Å². The lowest BCUT2D eigenvalue weighted by atomic mass is 10.0. The fraction of sp³-hybridized carbons (Fsp3) is 0.400. The predicted molar refractivity (Wildman–Crippen MR) is 54.4 cm³/mol. The normalized spacial score (nSPS) is 10.3. The van der Waals surface area contributed by atoms with Crippen LogP contribution in [0.3, 0.4) is 0 Å². The Morgan fingerprint density at radius 2 is 2.00 bits per heavy atom. The maximum atomic E-state index is 8.78. The number of aliphatic hydroxyl groups excluding tert-OH is 1. The van der Waals surface area contributed by atoms with Gasteiger partial charge in [-0.3, -0.25) is 0 Å². The third-order valence-electron chi connectivity index (χ3n) is 2.12. The Hall–Kier alpha value is -0.340. The Morgan fingerprint density at radius 3 is 2.58 bits per heavy atom. The fourth-order valence-electron chi connectivity index (χ4n) is 1.15. The first-order chi connectivity index (χ1) is 5.66. The third kappa shape index (κ3) is 1.87. The third-order valence-corrected chi connectivity index (χ3v) is 3.22. The van der Waals surface area contributed by atoms with Gasteiger partial charge in [0.05, 0.1) is 0 Å². The Morgan fingerprint density at radius 1 is 1.33 bits per heavy atom. The molecule has 12 heavy (non-hydrogen) atoms. The molecule has 0 amide bonds. The highest BCUT2D eigenvalue weighted by atomic mass is 79.9. The van der Waals surface area contributed by atoms with Crippen molar-refractivity contribution in [2.24, 2.45) is 0 Å². The molecule has 2 heteroatoms. The Bertz CT molecular complexity index is 281. The molecular formula is C10H13BrO. The van der Waals surface area contributed by atoms with Crippen LogP contribution < -0.4 is 0 Å². The molecule has 0 aliphatic carbocycles. The summed E-state index contributed by atoms with van der Waals surface area (Å²) in [5.41, 5.74) is 3.73. The molecular weight excluding hydrogens is 216 g/mol. The van der Waals surface area contributed by atoms with Crippen molar-refractivity contribution >= 4 is 15.9 Å². The van der Waals surface area contributed by atoms with E-state index in [4.69, 9.17) is 5.11 Å². The summed E-state index contributed by atoms with van der Waals surface area (Å²) in [5.74, 6) is 0. The molecule has 0 spiro atoms. The molecule has 0 atom stereocenters. The molecule has 1 aromatic carbocycles. The number of halogens is 1. The van der Waals surface area contributed by atoms with E-state index in [9.17, 15) is 0 Å². The zero-order chi connectivity index (χ0) is 9.14. The molecule has 1 rings (SSSR count). The second-order valence-corrected chi connectivity index (χ2v) is 3.75. The Kier molecular flexibility index (Phi) is 3.29. The fourth-order valence-corrected chi connectivity index (χ4v) is 1.79. The minimum Gasteiger partial charge on any atom is -0.396 e. The van der Waals surface area contributed by atoms with Crippen molar-refractivity contribution in [1.82, 2.24) is 0 Å². The van der Waals surface area contributed by atoms with E-state index in [1.54, 1.807) is 0 Å². The Balaban J connectivity index is 3.08. The van der Waals surface area contributed by atoms with Gasteiger partial charge in [0.1, 0.15) is 0 Å². The first-order valence-corrected chi connectivity index (χ1v) is 4.81. The molecule has 0 aliphatic heterocycles. The maximum absolute atomic E-state index is 8.78. The van der Waals surface area contributed by atoms with Crippen LogP contribution in [0.5, 0.6) is 0 Å².